The van der Waals surface area contributed by atoms with Crippen LogP contribution in [0.25, 0.3) is 10.4 Å². The molecule has 96 valence electrons. The molecule has 1 N–H and O–H groups in total. The molecule has 0 amide bonds. The normalized spacial score (nSPS) is 20.0. The van der Waals surface area contributed by atoms with Crippen molar-refractivity contribution in [2.45, 2.75) is 25.3 Å². The Balaban J connectivity index is 2.12. The quantitative estimate of drug-likeness (QED) is 0.290. The highest BCUT2D eigenvalue weighted by Gasteiger charge is 2.24. The third-order valence-corrected chi connectivity index (χ3v) is 3.03. The lowest BCUT2D eigenvalue weighted by atomic mass is 10.1. The molecule has 1 fully saturated rings. The van der Waals surface area contributed by atoms with Crippen LogP contribution < -0.4 is 4.90 Å². The van der Waals surface area contributed by atoms with Crippen molar-refractivity contribution in [2.75, 3.05) is 18.0 Å². The van der Waals surface area contributed by atoms with Gasteiger partial charge in [-0.05, 0) is 24.8 Å². The molecular weight excluding hydrogens is 238 g/mol. The number of nitrogens with one attached hydrogen (secondary N) is 1. The number of aromatic amines is 1. The fraction of sp³-hybridized carbons (Fsp3) is 0.667. The lowest BCUT2D eigenvalue weighted by Gasteiger charge is -2.19. The van der Waals surface area contributed by atoms with Gasteiger partial charge in [0.1, 0.15) is 6.20 Å². The number of anilines is 1. The third kappa shape index (κ3) is 2.51. The molecule has 1 aromatic heterocycles. The maximum atomic E-state index is 10.8. The summed E-state index contributed by atoms with van der Waals surface area (Å²) >= 11 is 0. The summed E-state index contributed by atoms with van der Waals surface area (Å²) in [5.41, 5.74) is 8.40. The second kappa shape index (κ2) is 5.37. The van der Waals surface area contributed by atoms with E-state index in [0.29, 0.717) is 25.3 Å². The molecule has 0 saturated carbocycles. The van der Waals surface area contributed by atoms with E-state index in [1.165, 1.54) is 6.20 Å². The Labute approximate surface area is 103 Å². The van der Waals surface area contributed by atoms with Gasteiger partial charge in [-0.3, -0.25) is 15.2 Å². The van der Waals surface area contributed by atoms with Crippen molar-refractivity contribution in [1.29, 1.82) is 0 Å². The van der Waals surface area contributed by atoms with Gasteiger partial charge in [0.05, 0.1) is 4.92 Å². The summed E-state index contributed by atoms with van der Waals surface area (Å²) in [5.74, 6) is 0.432. The first-order valence-electron chi connectivity index (χ1n) is 5.69. The van der Waals surface area contributed by atoms with Gasteiger partial charge in [0, 0.05) is 24.0 Å². The van der Waals surface area contributed by atoms with Gasteiger partial charge in [0.25, 0.3) is 0 Å². The first kappa shape index (κ1) is 12.2. The molecule has 1 unspecified atom stereocenters. The average molecular weight is 251 g/mol. The number of rotatable bonds is 3. The van der Waals surface area contributed by atoms with Gasteiger partial charge in [-0.25, -0.2) is 0 Å². The van der Waals surface area contributed by atoms with Crippen LogP contribution in [0, 0.1) is 10.1 Å². The Morgan fingerprint density at radius 1 is 1.61 bits per heavy atom. The van der Waals surface area contributed by atoms with E-state index in [0.717, 1.165) is 12.8 Å². The molecule has 0 radical (unpaired) electrons. The molecule has 2 heterocycles. The molecule has 18 heavy (non-hydrogen) atoms. The van der Waals surface area contributed by atoms with Crippen LogP contribution in [0.5, 0.6) is 0 Å². The summed E-state index contributed by atoms with van der Waals surface area (Å²) in [6, 6.07) is -0.0259. The Morgan fingerprint density at radius 2 is 2.44 bits per heavy atom. The Morgan fingerprint density at radius 3 is 3.17 bits per heavy atom. The molecular formula is C9H13N7O2. The summed E-state index contributed by atoms with van der Waals surface area (Å²) < 4.78 is 0. The predicted molar refractivity (Wildman–Crippen MR) is 64.2 cm³/mol. The summed E-state index contributed by atoms with van der Waals surface area (Å²) in [6.45, 7) is 1.31. The van der Waals surface area contributed by atoms with Gasteiger partial charge in [-0.15, -0.1) is 0 Å². The molecule has 1 atom stereocenters. The fourth-order valence-electron chi connectivity index (χ4n) is 2.13. The first-order chi connectivity index (χ1) is 8.72. The molecule has 0 bridgehead atoms. The van der Waals surface area contributed by atoms with E-state index in [1.807, 2.05) is 4.90 Å². The maximum absolute atomic E-state index is 10.8. The number of aromatic nitrogens is 2. The number of nitro groups is 1. The maximum Gasteiger partial charge on any atom is 0.330 e. The molecule has 1 aromatic rings. The number of H-pyrrole nitrogens is 1. The van der Waals surface area contributed by atoms with E-state index in [4.69, 9.17) is 5.53 Å². The molecule has 0 aromatic carbocycles. The summed E-state index contributed by atoms with van der Waals surface area (Å²) in [4.78, 5) is 15.1. The standard InChI is InChI=1S/C9H13N7O2/c10-14-12-7-2-1-4-15(5-3-7)9-8(16(17)18)6-11-13-9/h6-7H,1-5H2,(H,11,13). The Hall–Kier alpha value is -2.28. The van der Waals surface area contributed by atoms with Crippen LogP contribution in [0.15, 0.2) is 11.3 Å². The first-order valence-corrected chi connectivity index (χ1v) is 5.69. The topological polar surface area (TPSA) is 124 Å². The van der Waals surface area contributed by atoms with Gasteiger partial charge in [0.2, 0.25) is 5.82 Å². The number of hydrogen-bond acceptors (Lipinski definition) is 5. The van der Waals surface area contributed by atoms with E-state index in [2.05, 4.69) is 20.2 Å². The third-order valence-electron chi connectivity index (χ3n) is 3.03. The monoisotopic (exact) mass is 251 g/mol. The van der Waals surface area contributed by atoms with Gasteiger partial charge in [-0.1, -0.05) is 5.11 Å². The van der Waals surface area contributed by atoms with Crippen molar-refractivity contribution in [3.63, 3.8) is 0 Å². The SMILES string of the molecule is [N-]=[N+]=NC1CCCN(c2[nH]ncc2[N+](=O)[O-])CC1. The molecule has 9 nitrogen and oxygen atoms in total. The lowest BCUT2D eigenvalue weighted by molar-refractivity contribution is -0.384. The van der Waals surface area contributed by atoms with Crippen molar-refractivity contribution >= 4 is 11.5 Å². The largest absolute Gasteiger partial charge is 0.351 e. The van der Waals surface area contributed by atoms with E-state index in [-0.39, 0.29) is 11.7 Å². The zero-order valence-corrected chi connectivity index (χ0v) is 9.69. The van der Waals surface area contributed by atoms with E-state index >= 15 is 0 Å². The van der Waals surface area contributed by atoms with Gasteiger partial charge < -0.3 is 4.90 Å². The second-order valence-corrected chi connectivity index (χ2v) is 4.14. The summed E-state index contributed by atoms with van der Waals surface area (Å²) in [6.07, 6.45) is 3.55. The van der Waals surface area contributed by atoms with E-state index in [9.17, 15) is 10.1 Å². The fourth-order valence-corrected chi connectivity index (χ4v) is 2.13. The van der Waals surface area contributed by atoms with E-state index in [1.54, 1.807) is 0 Å². The van der Waals surface area contributed by atoms with Crippen LogP contribution in [-0.2, 0) is 0 Å². The summed E-state index contributed by atoms with van der Waals surface area (Å²) in [7, 11) is 0. The summed E-state index contributed by atoms with van der Waals surface area (Å²) in [5, 5.41) is 20.9. The lowest BCUT2D eigenvalue weighted by Crippen LogP contribution is -2.25. The zero-order valence-electron chi connectivity index (χ0n) is 9.69. The van der Waals surface area contributed by atoms with Crippen LogP contribution in [-0.4, -0.2) is 34.3 Å². The Kier molecular flexibility index (Phi) is 3.63. The number of azide groups is 1. The zero-order chi connectivity index (χ0) is 13.0. The van der Waals surface area contributed by atoms with Crippen molar-refractivity contribution in [1.82, 2.24) is 10.2 Å². The predicted octanol–water partition coefficient (Wildman–Crippen LogP) is 1.99. The number of nitrogens with zero attached hydrogens (tertiary/aromatic N) is 6. The van der Waals surface area contributed by atoms with Crippen molar-refractivity contribution in [3.8, 4) is 0 Å². The number of hydrogen-bond donors (Lipinski definition) is 1. The Bertz CT molecular complexity index is 479. The van der Waals surface area contributed by atoms with Gasteiger partial charge in [0.15, 0.2) is 0 Å². The van der Waals surface area contributed by atoms with Crippen LogP contribution in [0.1, 0.15) is 19.3 Å². The van der Waals surface area contributed by atoms with Crippen molar-refractivity contribution in [3.05, 3.63) is 26.8 Å². The molecule has 0 spiro atoms. The minimum absolute atomic E-state index is 0.0164. The van der Waals surface area contributed by atoms with Crippen LogP contribution in [0.3, 0.4) is 0 Å². The van der Waals surface area contributed by atoms with Crippen molar-refractivity contribution in [2.24, 2.45) is 5.11 Å². The van der Waals surface area contributed by atoms with Crippen LogP contribution in [0.4, 0.5) is 11.5 Å². The van der Waals surface area contributed by atoms with Crippen LogP contribution >= 0.6 is 0 Å². The second-order valence-electron chi connectivity index (χ2n) is 4.14. The molecule has 2 rings (SSSR count). The van der Waals surface area contributed by atoms with Crippen LogP contribution in [0.2, 0.25) is 0 Å². The van der Waals surface area contributed by atoms with Gasteiger partial charge in [-0.2, -0.15) is 5.10 Å². The van der Waals surface area contributed by atoms with E-state index < -0.39 is 4.92 Å². The highest BCUT2D eigenvalue weighted by atomic mass is 16.6. The van der Waals surface area contributed by atoms with Crippen molar-refractivity contribution < 1.29 is 4.92 Å². The highest BCUT2D eigenvalue weighted by Crippen LogP contribution is 2.27. The van der Waals surface area contributed by atoms with Gasteiger partial charge >= 0.3 is 5.69 Å². The smallest absolute Gasteiger partial charge is 0.330 e. The molecule has 0 aliphatic carbocycles. The minimum atomic E-state index is -0.450. The molecule has 1 aliphatic heterocycles. The average Bonchev–Trinajstić information content (AvgIpc) is 2.72. The molecule has 9 heteroatoms. The minimum Gasteiger partial charge on any atom is -0.351 e. The molecule has 1 aliphatic rings. The highest BCUT2D eigenvalue weighted by molar-refractivity contribution is 5.56. The molecule has 1 saturated heterocycles.